The van der Waals surface area contributed by atoms with Gasteiger partial charge in [-0.2, -0.15) is 5.10 Å². The van der Waals surface area contributed by atoms with Crippen molar-refractivity contribution in [3.05, 3.63) is 22.2 Å². The van der Waals surface area contributed by atoms with Crippen molar-refractivity contribution in [3.8, 4) is 22.8 Å². The van der Waals surface area contributed by atoms with Gasteiger partial charge in [-0.15, -0.1) is 0 Å². The molecule has 0 spiro atoms. The van der Waals surface area contributed by atoms with Crippen molar-refractivity contribution in [2.24, 2.45) is 0 Å². The summed E-state index contributed by atoms with van der Waals surface area (Å²) in [5.41, 5.74) is 8.47. The minimum absolute atomic E-state index is 0.454. The van der Waals surface area contributed by atoms with Crippen molar-refractivity contribution in [2.75, 3.05) is 18.9 Å². The van der Waals surface area contributed by atoms with E-state index in [0.717, 1.165) is 32.8 Å². The second-order valence-corrected chi connectivity index (χ2v) is 4.94. The quantitative estimate of drug-likeness (QED) is 0.849. The van der Waals surface area contributed by atoms with Gasteiger partial charge in [0.2, 0.25) is 0 Å². The number of nitrogens with zero attached hydrogens (tertiary/aromatic N) is 1. The molecule has 1 aromatic heterocycles. The van der Waals surface area contributed by atoms with Crippen molar-refractivity contribution >= 4 is 21.7 Å². The van der Waals surface area contributed by atoms with E-state index in [9.17, 15) is 0 Å². The van der Waals surface area contributed by atoms with Gasteiger partial charge in [0, 0.05) is 16.1 Å². The third-order valence-corrected chi connectivity index (χ3v) is 3.72. The smallest absolute Gasteiger partial charge is 0.171 e. The van der Waals surface area contributed by atoms with Crippen LogP contribution in [0.4, 0.5) is 5.82 Å². The van der Waals surface area contributed by atoms with Gasteiger partial charge < -0.3 is 15.2 Å². The Morgan fingerprint density at radius 2 is 2.11 bits per heavy atom. The summed E-state index contributed by atoms with van der Waals surface area (Å²) in [4.78, 5) is 0. The molecule has 94 valence electrons. The number of nitrogens with two attached hydrogens (primary N) is 1. The number of aromatic amines is 1. The summed E-state index contributed by atoms with van der Waals surface area (Å²) in [6.07, 6.45) is 0. The van der Waals surface area contributed by atoms with Crippen LogP contribution < -0.4 is 15.2 Å². The van der Waals surface area contributed by atoms with Gasteiger partial charge in [0.05, 0.1) is 5.69 Å². The normalized spacial score (nSPS) is 13.7. The van der Waals surface area contributed by atoms with E-state index in [-0.39, 0.29) is 0 Å². The van der Waals surface area contributed by atoms with E-state index in [4.69, 9.17) is 15.2 Å². The number of hydrogen-bond donors (Lipinski definition) is 2. The lowest BCUT2D eigenvalue weighted by atomic mass is 10.0. The molecule has 1 aliphatic heterocycles. The molecule has 0 unspecified atom stereocenters. The fourth-order valence-electron chi connectivity index (χ4n) is 2.04. The number of H-pyrrole nitrogens is 1. The third kappa shape index (κ3) is 1.73. The highest BCUT2D eigenvalue weighted by molar-refractivity contribution is 9.10. The first-order valence-corrected chi connectivity index (χ1v) is 6.36. The van der Waals surface area contributed by atoms with E-state index in [2.05, 4.69) is 26.1 Å². The molecule has 0 bridgehead atoms. The van der Waals surface area contributed by atoms with Crippen LogP contribution >= 0.6 is 15.9 Å². The Morgan fingerprint density at radius 1 is 1.33 bits per heavy atom. The third-order valence-electron chi connectivity index (χ3n) is 2.90. The van der Waals surface area contributed by atoms with Crippen LogP contribution in [0.3, 0.4) is 0 Å². The molecule has 2 aromatic rings. The fraction of sp³-hybridized carbons (Fsp3) is 0.250. The first kappa shape index (κ1) is 11.4. The molecule has 2 heterocycles. The van der Waals surface area contributed by atoms with E-state index in [1.165, 1.54) is 0 Å². The largest absolute Gasteiger partial charge is 0.486 e. The van der Waals surface area contributed by atoms with Gasteiger partial charge in [0.1, 0.15) is 19.0 Å². The molecule has 3 rings (SSSR count). The monoisotopic (exact) mass is 309 g/mol. The zero-order valence-corrected chi connectivity index (χ0v) is 11.4. The predicted molar refractivity (Wildman–Crippen MR) is 71.9 cm³/mol. The molecular weight excluding hydrogens is 298 g/mol. The van der Waals surface area contributed by atoms with Crippen LogP contribution in [0.5, 0.6) is 11.5 Å². The number of rotatable bonds is 1. The van der Waals surface area contributed by atoms with Gasteiger partial charge in [-0.1, -0.05) is 15.9 Å². The molecule has 1 aliphatic rings. The Balaban J connectivity index is 2.26. The molecule has 0 amide bonds. The summed E-state index contributed by atoms with van der Waals surface area (Å²) >= 11 is 3.53. The molecular formula is C12H12BrN3O2. The van der Waals surface area contributed by atoms with Crippen LogP contribution in [0.2, 0.25) is 0 Å². The summed E-state index contributed by atoms with van der Waals surface area (Å²) in [5.74, 6) is 1.93. The zero-order valence-electron chi connectivity index (χ0n) is 9.79. The Labute approximate surface area is 112 Å². The number of aromatic nitrogens is 2. The Morgan fingerprint density at radius 3 is 2.83 bits per heavy atom. The lowest BCUT2D eigenvalue weighted by Crippen LogP contribution is -2.16. The summed E-state index contributed by atoms with van der Waals surface area (Å²) in [7, 11) is 0. The lowest BCUT2D eigenvalue weighted by Gasteiger charge is -2.22. The second kappa shape index (κ2) is 4.20. The van der Waals surface area contributed by atoms with Gasteiger partial charge in [-0.3, -0.25) is 5.10 Å². The summed E-state index contributed by atoms with van der Waals surface area (Å²) in [6, 6.07) is 3.71. The Hall–Kier alpha value is -1.69. The molecule has 0 saturated heterocycles. The molecule has 1 aromatic carbocycles. The molecule has 0 aliphatic carbocycles. The van der Waals surface area contributed by atoms with Crippen LogP contribution in [0.15, 0.2) is 16.6 Å². The van der Waals surface area contributed by atoms with Crippen LogP contribution in [0.25, 0.3) is 11.3 Å². The molecule has 3 N–H and O–H groups in total. The van der Waals surface area contributed by atoms with Gasteiger partial charge in [-0.25, -0.2) is 0 Å². The SMILES string of the molecule is Cc1c(Br)cc2c(c1-c1cc(N)n[nH]1)OCCO2. The second-order valence-electron chi connectivity index (χ2n) is 4.09. The Kier molecular flexibility index (Phi) is 2.66. The van der Waals surface area contributed by atoms with E-state index >= 15 is 0 Å². The van der Waals surface area contributed by atoms with Crippen LogP contribution in [0, 0.1) is 6.92 Å². The van der Waals surface area contributed by atoms with Gasteiger partial charge in [-0.05, 0) is 18.6 Å². The molecule has 0 atom stereocenters. The van der Waals surface area contributed by atoms with Gasteiger partial charge in [0.15, 0.2) is 11.5 Å². The van der Waals surface area contributed by atoms with Gasteiger partial charge in [0.25, 0.3) is 0 Å². The van der Waals surface area contributed by atoms with Crippen LogP contribution in [-0.4, -0.2) is 23.4 Å². The average Bonchev–Trinajstić information content (AvgIpc) is 2.77. The minimum Gasteiger partial charge on any atom is -0.486 e. The number of anilines is 1. The fourth-order valence-corrected chi connectivity index (χ4v) is 2.44. The van der Waals surface area contributed by atoms with E-state index < -0.39 is 0 Å². The Bertz CT molecular complexity index is 610. The maximum atomic E-state index is 5.72. The number of ether oxygens (including phenoxy) is 2. The zero-order chi connectivity index (χ0) is 12.7. The summed E-state index contributed by atoms with van der Waals surface area (Å²) < 4.78 is 12.3. The number of fused-ring (bicyclic) bond motifs is 1. The maximum absolute atomic E-state index is 5.72. The highest BCUT2D eigenvalue weighted by Crippen LogP contribution is 2.44. The number of nitrogen functional groups attached to an aromatic ring is 1. The van der Waals surface area contributed by atoms with E-state index in [1.54, 1.807) is 6.07 Å². The van der Waals surface area contributed by atoms with Crippen LogP contribution in [-0.2, 0) is 0 Å². The molecule has 0 saturated carbocycles. The molecule has 0 radical (unpaired) electrons. The number of benzene rings is 1. The highest BCUT2D eigenvalue weighted by Gasteiger charge is 2.22. The summed E-state index contributed by atoms with van der Waals surface area (Å²) in [6.45, 7) is 3.12. The topological polar surface area (TPSA) is 73.2 Å². The molecule has 0 fully saturated rings. The first-order valence-electron chi connectivity index (χ1n) is 5.57. The molecule has 5 nitrogen and oxygen atoms in total. The standard InChI is InChI=1S/C12H12BrN3O2/c1-6-7(13)4-9-12(18-3-2-17-9)11(6)8-5-10(14)16-15-8/h4-5H,2-3H2,1H3,(H3,14,15,16). The number of nitrogens with one attached hydrogen (secondary N) is 1. The minimum atomic E-state index is 0.454. The summed E-state index contributed by atoms with van der Waals surface area (Å²) in [5, 5.41) is 6.86. The van der Waals surface area contributed by atoms with Crippen molar-refractivity contribution in [1.29, 1.82) is 0 Å². The van der Waals surface area contributed by atoms with Gasteiger partial charge >= 0.3 is 0 Å². The van der Waals surface area contributed by atoms with Crippen molar-refractivity contribution in [3.63, 3.8) is 0 Å². The number of halogens is 1. The average molecular weight is 310 g/mol. The number of hydrogen-bond acceptors (Lipinski definition) is 4. The molecule has 18 heavy (non-hydrogen) atoms. The van der Waals surface area contributed by atoms with E-state index in [0.29, 0.717) is 19.0 Å². The predicted octanol–water partition coefficient (Wildman–Crippen LogP) is 2.50. The van der Waals surface area contributed by atoms with Crippen molar-refractivity contribution < 1.29 is 9.47 Å². The highest BCUT2D eigenvalue weighted by atomic mass is 79.9. The van der Waals surface area contributed by atoms with Crippen LogP contribution in [0.1, 0.15) is 5.56 Å². The van der Waals surface area contributed by atoms with Crippen molar-refractivity contribution in [2.45, 2.75) is 6.92 Å². The molecule has 6 heteroatoms. The maximum Gasteiger partial charge on any atom is 0.171 e. The van der Waals surface area contributed by atoms with E-state index in [1.807, 2.05) is 13.0 Å². The lowest BCUT2D eigenvalue weighted by molar-refractivity contribution is 0.172. The van der Waals surface area contributed by atoms with Crippen molar-refractivity contribution in [1.82, 2.24) is 10.2 Å². The first-order chi connectivity index (χ1) is 8.66.